The zero-order valence-electron chi connectivity index (χ0n) is 8.77. The van der Waals surface area contributed by atoms with E-state index in [9.17, 15) is 4.79 Å². The van der Waals surface area contributed by atoms with Gasteiger partial charge in [-0.1, -0.05) is 6.92 Å². The Kier molecular flexibility index (Phi) is 2.63. The molecule has 2 atom stereocenters. The second-order valence-corrected chi connectivity index (χ2v) is 4.12. The van der Waals surface area contributed by atoms with Gasteiger partial charge in [-0.05, 0) is 18.4 Å². The van der Waals surface area contributed by atoms with Crippen LogP contribution in [0.1, 0.15) is 26.2 Å². The highest BCUT2D eigenvalue weighted by Gasteiger charge is 2.32. The molecule has 4 heteroatoms. The van der Waals surface area contributed by atoms with Crippen molar-refractivity contribution in [2.24, 2.45) is 5.92 Å². The fraction of sp³-hybridized carbons (Fsp3) is 0.636. The lowest BCUT2D eigenvalue weighted by Crippen LogP contribution is -2.40. The summed E-state index contributed by atoms with van der Waals surface area (Å²) < 4.78 is 5.47. The Bertz CT molecular complexity index is 343. The van der Waals surface area contributed by atoms with Gasteiger partial charge in [-0.25, -0.2) is 0 Å². The molecule has 15 heavy (non-hydrogen) atoms. The topological polar surface area (TPSA) is 53.3 Å². The zero-order chi connectivity index (χ0) is 10.8. The van der Waals surface area contributed by atoms with E-state index in [0.717, 1.165) is 19.4 Å². The third kappa shape index (κ3) is 1.96. The monoisotopic (exact) mass is 206 g/mol. The number of likely N-dealkylation sites (tertiary alicyclic amines) is 1. The molecule has 0 unspecified atom stereocenters. The molecular weight excluding hydrogens is 192 g/mol. The van der Waals surface area contributed by atoms with Crippen molar-refractivity contribution in [2.45, 2.75) is 32.4 Å². The minimum absolute atomic E-state index is 0.145. The summed E-state index contributed by atoms with van der Waals surface area (Å²) in [4.78, 5) is 13.3. The molecule has 0 aliphatic carbocycles. The summed E-state index contributed by atoms with van der Waals surface area (Å²) in [5.41, 5.74) is 0. The molecule has 1 saturated heterocycles. The van der Waals surface area contributed by atoms with Gasteiger partial charge >= 0.3 is 0 Å². The van der Waals surface area contributed by atoms with Gasteiger partial charge in [-0.15, -0.1) is 0 Å². The van der Waals surface area contributed by atoms with E-state index < -0.39 is 0 Å². The zero-order valence-corrected chi connectivity index (χ0v) is 8.77. The molecule has 0 saturated carbocycles. The molecule has 2 heterocycles. The van der Waals surface area contributed by atoms with Crippen LogP contribution in [-0.4, -0.2) is 23.6 Å². The van der Waals surface area contributed by atoms with E-state index in [4.69, 9.17) is 10.00 Å². The number of carbonyl (C=O) groups is 1. The summed E-state index contributed by atoms with van der Waals surface area (Å²) in [7, 11) is 0. The maximum absolute atomic E-state index is 11.5. The van der Waals surface area contributed by atoms with Crippen LogP contribution in [0.25, 0.3) is 0 Å². The SMILES string of the molecule is C[C@@H]1C=C(C#N)O[C@@H](N2CCCC2=O)C1. The van der Waals surface area contributed by atoms with Gasteiger partial charge < -0.3 is 9.64 Å². The second-order valence-electron chi connectivity index (χ2n) is 4.12. The Hall–Kier alpha value is -1.50. The number of allylic oxidation sites excluding steroid dienone is 2. The van der Waals surface area contributed by atoms with Gasteiger partial charge in [0.2, 0.25) is 5.91 Å². The molecule has 0 bridgehead atoms. The molecule has 1 amide bonds. The van der Waals surface area contributed by atoms with Crippen LogP contribution in [0.2, 0.25) is 0 Å². The number of carbonyl (C=O) groups excluding carboxylic acids is 1. The van der Waals surface area contributed by atoms with Crippen LogP contribution in [0, 0.1) is 17.2 Å². The summed E-state index contributed by atoms with van der Waals surface area (Å²) in [5, 5.41) is 8.79. The van der Waals surface area contributed by atoms with Gasteiger partial charge in [0.15, 0.2) is 12.0 Å². The van der Waals surface area contributed by atoms with Crippen LogP contribution in [-0.2, 0) is 9.53 Å². The predicted molar refractivity (Wildman–Crippen MR) is 53.3 cm³/mol. The summed E-state index contributed by atoms with van der Waals surface area (Å²) in [5.74, 6) is 0.789. The van der Waals surface area contributed by atoms with Crippen LogP contribution >= 0.6 is 0 Å². The number of rotatable bonds is 1. The van der Waals surface area contributed by atoms with Crippen molar-refractivity contribution in [1.29, 1.82) is 5.26 Å². The van der Waals surface area contributed by atoms with Gasteiger partial charge in [0.25, 0.3) is 0 Å². The first-order valence-electron chi connectivity index (χ1n) is 5.28. The standard InChI is InChI=1S/C11H14N2O2/c1-8-5-9(7-12)15-11(6-8)13-4-2-3-10(13)14/h5,8,11H,2-4,6H2,1H3/t8-,11-/m1/s1. The van der Waals surface area contributed by atoms with Crippen molar-refractivity contribution in [3.8, 4) is 6.07 Å². The second kappa shape index (κ2) is 3.93. The molecule has 4 nitrogen and oxygen atoms in total. The van der Waals surface area contributed by atoms with Crippen LogP contribution in [0.3, 0.4) is 0 Å². The first kappa shape index (κ1) is 10.0. The lowest BCUT2D eigenvalue weighted by molar-refractivity contribution is -0.139. The first-order chi connectivity index (χ1) is 7.20. The highest BCUT2D eigenvalue weighted by atomic mass is 16.5. The molecular formula is C11H14N2O2. The van der Waals surface area contributed by atoms with Crippen LogP contribution in [0.5, 0.6) is 0 Å². The third-order valence-corrected chi connectivity index (χ3v) is 2.84. The highest BCUT2D eigenvalue weighted by Crippen LogP contribution is 2.26. The summed E-state index contributed by atoms with van der Waals surface area (Å²) >= 11 is 0. The molecule has 0 N–H and O–H groups in total. The third-order valence-electron chi connectivity index (χ3n) is 2.84. The summed E-state index contributed by atoms with van der Waals surface area (Å²) in [6.45, 7) is 2.79. The van der Waals surface area contributed by atoms with Crippen LogP contribution < -0.4 is 0 Å². The van der Waals surface area contributed by atoms with Crippen molar-refractivity contribution in [1.82, 2.24) is 4.90 Å². The Balaban J connectivity index is 2.09. The largest absolute Gasteiger partial charge is 0.460 e. The van der Waals surface area contributed by atoms with Crippen molar-refractivity contribution in [2.75, 3.05) is 6.54 Å². The molecule has 0 spiro atoms. The van der Waals surface area contributed by atoms with Crippen molar-refractivity contribution in [3.63, 3.8) is 0 Å². The van der Waals surface area contributed by atoms with E-state index in [2.05, 4.69) is 0 Å². The molecule has 2 aliphatic rings. The average molecular weight is 206 g/mol. The molecule has 80 valence electrons. The smallest absolute Gasteiger partial charge is 0.225 e. The van der Waals surface area contributed by atoms with Crippen molar-refractivity contribution >= 4 is 5.91 Å². The maximum atomic E-state index is 11.5. The van der Waals surface area contributed by atoms with Gasteiger partial charge in [-0.2, -0.15) is 5.26 Å². The van der Waals surface area contributed by atoms with E-state index in [0.29, 0.717) is 18.1 Å². The van der Waals surface area contributed by atoms with E-state index in [1.807, 2.05) is 19.1 Å². The van der Waals surface area contributed by atoms with Gasteiger partial charge in [-0.3, -0.25) is 4.79 Å². The number of hydrogen-bond acceptors (Lipinski definition) is 3. The lowest BCUT2D eigenvalue weighted by atomic mass is 10.0. The minimum atomic E-state index is -0.227. The molecule has 0 aromatic heterocycles. The van der Waals surface area contributed by atoms with Crippen LogP contribution in [0.15, 0.2) is 11.8 Å². The van der Waals surface area contributed by atoms with E-state index >= 15 is 0 Å². The molecule has 2 rings (SSSR count). The minimum Gasteiger partial charge on any atom is -0.460 e. The van der Waals surface area contributed by atoms with Gasteiger partial charge in [0.1, 0.15) is 6.07 Å². The number of ether oxygens (including phenoxy) is 1. The van der Waals surface area contributed by atoms with Gasteiger partial charge in [0, 0.05) is 19.4 Å². The highest BCUT2D eigenvalue weighted by molar-refractivity contribution is 5.78. The number of nitriles is 1. The Morgan fingerprint density at radius 3 is 3.07 bits per heavy atom. The fourth-order valence-electron chi connectivity index (χ4n) is 2.11. The number of amides is 1. The van der Waals surface area contributed by atoms with Crippen LogP contribution in [0.4, 0.5) is 0 Å². The molecule has 1 fully saturated rings. The maximum Gasteiger partial charge on any atom is 0.225 e. The predicted octanol–water partition coefficient (Wildman–Crippen LogP) is 1.40. The Morgan fingerprint density at radius 1 is 1.67 bits per heavy atom. The van der Waals surface area contributed by atoms with E-state index in [1.165, 1.54) is 0 Å². The van der Waals surface area contributed by atoms with E-state index in [1.54, 1.807) is 4.90 Å². The quantitative estimate of drug-likeness (QED) is 0.651. The van der Waals surface area contributed by atoms with Crippen molar-refractivity contribution < 1.29 is 9.53 Å². The summed E-state index contributed by atoms with van der Waals surface area (Å²) in [6, 6.07) is 2.00. The molecule has 0 aromatic rings. The Morgan fingerprint density at radius 2 is 2.47 bits per heavy atom. The van der Waals surface area contributed by atoms with Crippen molar-refractivity contribution in [3.05, 3.63) is 11.8 Å². The van der Waals surface area contributed by atoms with Gasteiger partial charge in [0.05, 0.1) is 0 Å². The average Bonchev–Trinajstić information content (AvgIpc) is 2.63. The molecule has 2 aliphatic heterocycles. The molecule has 0 radical (unpaired) electrons. The van der Waals surface area contributed by atoms with E-state index in [-0.39, 0.29) is 12.1 Å². The summed E-state index contributed by atoms with van der Waals surface area (Å²) in [6.07, 6.45) is 3.89. The lowest BCUT2D eigenvalue weighted by Gasteiger charge is -2.32. The normalized spacial score (nSPS) is 30.8. The fourth-order valence-corrected chi connectivity index (χ4v) is 2.11. The Labute approximate surface area is 89.1 Å². The molecule has 0 aromatic carbocycles. The first-order valence-corrected chi connectivity index (χ1v) is 5.28. The number of hydrogen-bond donors (Lipinski definition) is 0. The number of nitrogens with zero attached hydrogens (tertiary/aromatic N) is 2.